The van der Waals surface area contributed by atoms with E-state index in [0.29, 0.717) is 12.8 Å². The number of aliphatic hydroxyl groups is 1. The lowest BCUT2D eigenvalue weighted by atomic mass is 10.1. The minimum atomic E-state index is -1.44. The zero-order valence-corrected chi connectivity index (χ0v) is 21.3. The molecule has 1 fully saturated rings. The predicted octanol–water partition coefficient (Wildman–Crippen LogP) is -4.24. The van der Waals surface area contributed by atoms with E-state index in [0.717, 1.165) is 6.92 Å². The summed E-state index contributed by atoms with van der Waals surface area (Å²) in [5, 5.41) is 31.6. The fourth-order valence-corrected chi connectivity index (χ4v) is 3.47. The second kappa shape index (κ2) is 16.7. The number of primary amides is 1. The summed E-state index contributed by atoms with van der Waals surface area (Å²) < 4.78 is 0. The van der Waals surface area contributed by atoms with Crippen LogP contribution in [-0.4, -0.2) is 105 Å². The van der Waals surface area contributed by atoms with Crippen LogP contribution < -0.4 is 33.6 Å². The van der Waals surface area contributed by atoms with Gasteiger partial charge in [-0.25, -0.2) is 4.79 Å². The number of nitrogens with one attached hydrogen (secondary N) is 2. The Morgan fingerprint density at radius 2 is 1.66 bits per heavy atom. The van der Waals surface area contributed by atoms with Crippen molar-refractivity contribution in [3.8, 4) is 0 Å². The van der Waals surface area contributed by atoms with Crippen molar-refractivity contribution in [3.63, 3.8) is 0 Å². The monoisotopic (exact) mass is 546 g/mol. The van der Waals surface area contributed by atoms with Crippen molar-refractivity contribution in [2.24, 2.45) is 27.9 Å². The Morgan fingerprint density at radius 1 is 1.08 bits per heavy atom. The molecule has 0 aromatic rings. The van der Waals surface area contributed by atoms with E-state index in [1.165, 1.54) is 11.8 Å². The molecule has 1 saturated heterocycles. The first-order valence-corrected chi connectivity index (χ1v) is 11.7. The van der Waals surface area contributed by atoms with Gasteiger partial charge in [0.25, 0.3) is 5.97 Å². The molecule has 0 aliphatic carbocycles. The number of carbonyl (C=O) groups is 6. The number of carbonyl (C=O) groups excluding carboxylic acids is 4. The minimum Gasteiger partial charge on any atom is -0.481 e. The van der Waals surface area contributed by atoms with Crippen LogP contribution in [0.15, 0.2) is 4.99 Å². The van der Waals surface area contributed by atoms with E-state index in [1.807, 2.05) is 0 Å². The minimum absolute atomic E-state index is 0.0582. The molecule has 216 valence electrons. The highest BCUT2D eigenvalue weighted by molar-refractivity contribution is 5.95. The third-order valence-corrected chi connectivity index (χ3v) is 5.20. The van der Waals surface area contributed by atoms with E-state index in [4.69, 9.17) is 32.8 Å². The van der Waals surface area contributed by atoms with Gasteiger partial charge in [0.2, 0.25) is 23.6 Å². The molecule has 38 heavy (non-hydrogen) atoms. The molecule has 0 aromatic heterocycles. The highest BCUT2D eigenvalue weighted by atomic mass is 16.4. The number of carboxylic acid groups (broad SMARTS) is 2. The topological polar surface area (TPSA) is 307 Å². The van der Waals surface area contributed by atoms with Crippen molar-refractivity contribution in [2.45, 2.75) is 76.2 Å². The smallest absolute Gasteiger partial charge is 0.326 e. The third kappa shape index (κ3) is 12.8. The number of likely N-dealkylation sites (tertiary alicyclic amines) is 1. The first-order valence-electron chi connectivity index (χ1n) is 11.7. The Morgan fingerprint density at radius 3 is 2.13 bits per heavy atom. The van der Waals surface area contributed by atoms with Gasteiger partial charge in [-0.3, -0.25) is 29.0 Å². The molecule has 1 heterocycles. The number of aliphatic carboxylic acids is 2. The van der Waals surface area contributed by atoms with Gasteiger partial charge in [0.1, 0.15) is 18.1 Å². The van der Waals surface area contributed by atoms with Crippen LogP contribution in [0.1, 0.15) is 46.0 Å². The van der Waals surface area contributed by atoms with E-state index >= 15 is 0 Å². The molecule has 13 N–H and O–H groups in total. The SMILES string of the molecule is CC(=O)O.C[C@@H](O)[C@H](NC(=O)[C@@H](N)CC(N)=O)C(=O)N1CCC[C@H]1C(=O)N[C@@H](CCCN=C(N)N)C(=O)O. The highest BCUT2D eigenvalue weighted by Gasteiger charge is 2.40. The second-order valence-electron chi connectivity index (χ2n) is 8.56. The van der Waals surface area contributed by atoms with Gasteiger partial charge in [-0.05, 0) is 32.6 Å². The number of guanidine groups is 1. The van der Waals surface area contributed by atoms with E-state index < -0.39 is 72.3 Å². The average Bonchev–Trinajstić information content (AvgIpc) is 3.27. The van der Waals surface area contributed by atoms with Crippen molar-refractivity contribution < 1.29 is 44.1 Å². The number of hydrogen-bond donors (Lipinski definition) is 9. The van der Waals surface area contributed by atoms with Crippen LogP contribution in [0.4, 0.5) is 0 Å². The fraction of sp³-hybridized carbons (Fsp3) is 0.667. The molecule has 5 atom stereocenters. The van der Waals surface area contributed by atoms with Gasteiger partial charge in [-0.2, -0.15) is 0 Å². The molecule has 0 radical (unpaired) electrons. The van der Waals surface area contributed by atoms with Gasteiger partial charge >= 0.3 is 5.97 Å². The average molecular weight is 547 g/mol. The molecule has 1 aliphatic rings. The predicted molar refractivity (Wildman–Crippen MR) is 133 cm³/mol. The molecule has 1 aliphatic heterocycles. The van der Waals surface area contributed by atoms with Gasteiger partial charge in [-0.15, -0.1) is 0 Å². The normalized spacial score (nSPS) is 17.5. The van der Waals surface area contributed by atoms with Crippen LogP contribution in [-0.2, 0) is 28.8 Å². The Bertz CT molecular complexity index is 888. The summed E-state index contributed by atoms with van der Waals surface area (Å²) in [5.74, 6) is -5.33. The summed E-state index contributed by atoms with van der Waals surface area (Å²) in [6.45, 7) is 2.69. The highest BCUT2D eigenvalue weighted by Crippen LogP contribution is 2.20. The quantitative estimate of drug-likeness (QED) is 0.0602. The lowest BCUT2D eigenvalue weighted by Crippen LogP contribution is -2.59. The third-order valence-electron chi connectivity index (χ3n) is 5.20. The van der Waals surface area contributed by atoms with Crippen molar-refractivity contribution in [2.75, 3.05) is 13.1 Å². The maximum Gasteiger partial charge on any atom is 0.326 e. The van der Waals surface area contributed by atoms with E-state index in [1.54, 1.807) is 0 Å². The Hall–Kier alpha value is -3.99. The van der Waals surface area contributed by atoms with Gasteiger partial charge in [0.05, 0.1) is 18.6 Å². The molecule has 0 bridgehead atoms. The molecule has 0 aromatic carbocycles. The number of carboxylic acids is 2. The number of nitrogens with two attached hydrogens (primary N) is 4. The van der Waals surface area contributed by atoms with Crippen LogP contribution in [0.25, 0.3) is 0 Å². The van der Waals surface area contributed by atoms with Crippen LogP contribution >= 0.6 is 0 Å². The standard InChI is InChI=1S/C19H34N8O7.C2H4O2/c1-9(28)14(26-15(30)10(20)8-13(21)29)17(32)27-7-3-5-12(27)16(31)25-11(18(33)34)4-2-6-24-19(22)23;1-2(3)4/h9-12,14,28H,2-8,20H2,1H3,(H2,21,29)(H,25,31)(H,26,30)(H,33,34)(H4,22,23,24);1H3,(H,3,4)/t9-,10+,11+,12+,14+;/m1./s1. The van der Waals surface area contributed by atoms with Crippen molar-refractivity contribution in [1.82, 2.24) is 15.5 Å². The van der Waals surface area contributed by atoms with Crippen molar-refractivity contribution in [3.05, 3.63) is 0 Å². The number of aliphatic hydroxyl groups excluding tert-OH is 1. The molecule has 0 spiro atoms. The van der Waals surface area contributed by atoms with Crippen LogP contribution in [0, 0.1) is 0 Å². The fourth-order valence-electron chi connectivity index (χ4n) is 3.47. The number of aliphatic imine (C=N–C) groups is 1. The largest absolute Gasteiger partial charge is 0.481 e. The van der Waals surface area contributed by atoms with Gasteiger partial charge in [0, 0.05) is 20.0 Å². The summed E-state index contributed by atoms with van der Waals surface area (Å²) in [5.41, 5.74) is 21.0. The molecule has 0 saturated carbocycles. The van der Waals surface area contributed by atoms with Crippen molar-refractivity contribution in [1.29, 1.82) is 0 Å². The van der Waals surface area contributed by atoms with Crippen molar-refractivity contribution >= 4 is 41.5 Å². The molecule has 0 unspecified atom stereocenters. The maximum atomic E-state index is 13.1. The maximum absolute atomic E-state index is 13.1. The number of hydrogen-bond acceptors (Lipinski definition) is 9. The zero-order chi connectivity index (χ0) is 29.6. The number of rotatable bonds is 13. The summed E-state index contributed by atoms with van der Waals surface area (Å²) in [4.78, 5) is 74.5. The lowest BCUT2D eigenvalue weighted by Gasteiger charge is -2.31. The second-order valence-corrected chi connectivity index (χ2v) is 8.56. The molecule has 4 amide bonds. The van der Waals surface area contributed by atoms with E-state index in [-0.39, 0.29) is 31.9 Å². The summed E-state index contributed by atoms with van der Waals surface area (Å²) in [7, 11) is 0. The van der Waals surface area contributed by atoms with E-state index in [9.17, 15) is 34.2 Å². The van der Waals surface area contributed by atoms with Gasteiger partial charge in [0.15, 0.2) is 5.96 Å². The van der Waals surface area contributed by atoms with Gasteiger partial charge < -0.3 is 53.8 Å². The van der Waals surface area contributed by atoms with E-state index in [2.05, 4.69) is 15.6 Å². The molecule has 17 nitrogen and oxygen atoms in total. The van der Waals surface area contributed by atoms with Crippen LogP contribution in [0.2, 0.25) is 0 Å². The van der Waals surface area contributed by atoms with Crippen LogP contribution in [0.5, 0.6) is 0 Å². The molecule has 17 heteroatoms. The first kappa shape index (κ1) is 34.0. The molecule has 1 rings (SSSR count). The Kier molecular flexibility index (Phi) is 14.9. The number of nitrogens with zero attached hydrogens (tertiary/aromatic N) is 2. The summed E-state index contributed by atoms with van der Waals surface area (Å²) in [6, 6.07) is -4.97. The lowest BCUT2D eigenvalue weighted by molar-refractivity contribution is -0.146. The molecular weight excluding hydrogens is 508 g/mol. The Labute approximate surface area is 219 Å². The first-order chi connectivity index (χ1) is 17.6. The van der Waals surface area contributed by atoms with Crippen LogP contribution in [0.3, 0.4) is 0 Å². The number of amides is 4. The summed E-state index contributed by atoms with van der Waals surface area (Å²) >= 11 is 0. The molecular formula is C21H38N8O9. The summed E-state index contributed by atoms with van der Waals surface area (Å²) in [6.07, 6.45) is -0.731. The van der Waals surface area contributed by atoms with Gasteiger partial charge in [-0.1, -0.05) is 0 Å². The zero-order valence-electron chi connectivity index (χ0n) is 21.3. The Balaban J connectivity index is 0.00000318.